The minimum absolute atomic E-state index is 0.0267. The van der Waals surface area contributed by atoms with Crippen molar-refractivity contribution in [3.63, 3.8) is 0 Å². The molecule has 1 aliphatic heterocycles. The molecule has 0 aliphatic carbocycles. The van der Waals surface area contributed by atoms with Gasteiger partial charge < -0.3 is 20.7 Å². The van der Waals surface area contributed by atoms with Gasteiger partial charge in [-0.1, -0.05) is 31.5 Å². The fraction of sp³-hybridized carbons (Fsp3) is 0.455. The number of piperidine rings is 1. The SMILES string of the molecule is CCCCN1C(=O)CCC(C(=O)Nc2nc(CC(N)=O)cs2)C1c1ccccc1OC. The third-order valence-electron chi connectivity index (χ3n) is 5.39. The molecule has 2 atom stereocenters. The summed E-state index contributed by atoms with van der Waals surface area (Å²) in [6.45, 7) is 2.66. The zero-order chi connectivity index (χ0) is 22.4. The molecule has 1 aliphatic rings. The highest BCUT2D eigenvalue weighted by Crippen LogP contribution is 2.41. The lowest BCUT2D eigenvalue weighted by Gasteiger charge is -2.41. The maximum atomic E-state index is 13.3. The second-order valence-corrected chi connectivity index (χ2v) is 8.41. The Hall–Kier alpha value is -2.94. The number of para-hydroxylation sites is 1. The number of likely N-dealkylation sites (tertiary alicyclic amines) is 1. The third kappa shape index (κ3) is 5.41. The number of nitrogens with one attached hydrogen (secondary N) is 1. The number of rotatable bonds is 9. The number of ether oxygens (including phenoxy) is 1. The first-order valence-corrected chi connectivity index (χ1v) is 11.3. The van der Waals surface area contributed by atoms with Crippen molar-refractivity contribution >= 4 is 34.2 Å². The topological polar surface area (TPSA) is 115 Å². The van der Waals surface area contributed by atoms with Crippen molar-refractivity contribution in [3.05, 3.63) is 40.9 Å². The number of methoxy groups -OCH3 is 1. The molecule has 0 spiro atoms. The molecule has 1 aromatic heterocycles. The number of nitrogens with two attached hydrogens (primary N) is 1. The van der Waals surface area contributed by atoms with Crippen LogP contribution >= 0.6 is 11.3 Å². The number of hydrogen-bond acceptors (Lipinski definition) is 6. The van der Waals surface area contributed by atoms with Crippen LogP contribution in [0, 0.1) is 5.92 Å². The van der Waals surface area contributed by atoms with E-state index >= 15 is 0 Å². The van der Waals surface area contributed by atoms with Crippen LogP contribution in [0.25, 0.3) is 0 Å². The Labute approximate surface area is 185 Å². The minimum atomic E-state index is -0.475. The predicted molar refractivity (Wildman–Crippen MR) is 119 cm³/mol. The molecule has 31 heavy (non-hydrogen) atoms. The molecule has 0 bridgehead atoms. The van der Waals surface area contributed by atoms with E-state index in [1.165, 1.54) is 11.3 Å². The molecule has 8 nitrogen and oxygen atoms in total. The number of amides is 3. The summed E-state index contributed by atoms with van der Waals surface area (Å²) in [5, 5.41) is 4.99. The summed E-state index contributed by atoms with van der Waals surface area (Å²) in [5.74, 6) is -0.429. The number of carbonyl (C=O) groups excluding carboxylic acids is 3. The normalized spacial score (nSPS) is 18.6. The van der Waals surface area contributed by atoms with Crippen molar-refractivity contribution in [1.82, 2.24) is 9.88 Å². The van der Waals surface area contributed by atoms with Crippen LogP contribution < -0.4 is 15.8 Å². The molecule has 3 amide bonds. The average Bonchev–Trinajstić information content (AvgIpc) is 3.18. The quantitative estimate of drug-likeness (QED) is 0.617. The van der Waals surface area contributed by atoms with Crippen molar-refractivity contribution < 1.29 is 19.1 Å². The first kappa shape index (κ1) is 22.7. The molecule has 2 unspecified atom stereocenters. The molecule has 0 saturated carbocycles. The van der Waals surface area contributed by atoms with Crippen LogP contribution in [-0.4, -0.2) is 41.3 Å². The predicted octanol–water partition coefficient (Wildman–Crippen LogP) is 2.90. The Bertz CT molecular complexity index is 945. The van der Waals surface area contributed by atoms with E-state index in [9.17, 15) is 14.4 Å². The molecule has 1 saturated heterocycles. The average molecular weight is 445 g/mol. The van der Waals surface area contributed by atoms with Crippen molar-refractivity contribution in [2.45, 2.75) is 45.1 Å². The summed E-state index contributed by atoms with van der Waals surface area (Å²) in [5.41, 5.74) is 6.57. The maximum absolute atomic E-state index is 13.3. The number of anilines is 1. The Morgan fingerprint density at radius 1 is 1.35 bits per heavy atom. The van der Waals surface area contributed by atoms with E-state index < -0.39 is 17.9 Å². The minimum Gasteiger partial charge on any atom is -0.496 e. The number of primary amides is 1. The largest absolute Gasteiger partial charge is 0.496 e. The van der Waals surface area contributed by atoms with Gasteiger partial charge in [0.15, 0.2) is 5.13 Å². The molecule has 2 heterocycles. The standard InChI is InChI=1S/C22H28N4O4S/c1-3-4-11-26-19(28)10-9-16(20(26)15-7-5-6-8-17(15)30-2)21(29)25-22-24-14(13-31-22)12-18(23)27/h5-8,13,16,20H,3-4,9-12H2,1-2H3,(H2,23,27)(H,24,25,29). The zero-order valence-electron chi connectivity index (χ0n) is 17.8. The Morgan fingerprint density at radius 2 is 2.13 bits per heavy atom. The molecule has 9 heteroatoms. The van der Waals surface area contributed by atoms with Crippen LogP contribution in [0.3, 0.4) is 0 Å². The number of carbonyl (C=O) groups is 3. The molecule has 0 radical (unpaired) electrons. The first-order valence-electron chi connectivity index (χ1n) is 10.4. The van der Waals surface area contributed by atoms with Gasteiger partial charge in [-0.2, -0.15) is 0 Å². The van der Waals surface area contributed by atoms with Crippen LogP contribution in [0.4, 0.5) is 5.13 Å². The number of aromatic nitrogens is 1. The summed E-state index contributed by atoms with van der Waals surface area (Å²) < 4.78 is 5.55. The lowest BCUT2D eigenvalue weighted by atomic mass is 9.83. The van der Waals surface area contributed by atoms with Crippen LogP contribution in [-0.2, 0) is 20.8 Å². The molecule has 3 rings (SSSR count). The molecule has 3 N–H and O–H groups in total. The lowest BCUT2D eigenvalue weighted by molar-refractivity contribution is -0.142. The van der Waals surface area contributed by atoms with Gasteiger partial charge in [0, 0.05) is 23.9 Å². The molecular formula is C22H28N4O4S. The highest BCUT2D eigenvalue weighted by Gasteiger charge is 2.41. The van der Waals surface area contributed by atoms with Crippen molar-refractivity contribution in [2.24, 2.45) is 11.7 Å². The van der Waals surface area contributed by atoms with Gasteiger partial charge in [-0.05, 0) is 18.9 Å². The van der Waals surface area contributed by atoms with Gasteiger partial charge in [0.2, 0.25) is 17.7 Å². The highest BCUT2D eigenvalue weighted by atomic mass is 32.1. The fourth-order valence-corrected chi connectivity index (χ4v) is 4.65. The van der Waals surface area contributed by atoms with Crippen molar-refractivity contribution in [2.75, 3.05) is 19.0 Å². The van der Waals surface area contributed by atoms with Crippen LogP contribution in [0.1, 0.15) is 49.9 Å². The van der Waals surface area contributed by atoms with E-state index in [-0.39, 0.29) is 18.2 Å². The molecule has 1 aromatic carbocycles. The summed E-state index contributed by atoms with van der Waals surface area (Å²) in [4.78, 5) is 43.3. The van der Waals surface area contributed by atoms with Crippen LogP contribution in [0.2, 0.25) is 0 Å². The van der Waals surface area contributed by atoms with Crippen LogP contribution in [0.5, 0.6) is 5.75 Å². The highest BCUT2D eigenvalue weighted by molar-refractivity contribution is 7.13. The van der Waals surface area contributed by atoms with Gasteiger partial charge in [-0.3, -0.25) is 14.4 Å². The molecule has 166 valence electrons. The molecule has 1 fully saturated rings. The Morgan fingerprint density at radius 3 is 2.84 bits per heavy atom. The van der Waals surface area contributed by atoms with E-state index in [0.717, 1.165) is 18.4 Å². The molecule has 2 aromatic rings. The van der Waals surface area contributed by atoms with Gasteiger partial charge in [-0.25, -0.2) is 4.98 Å². The van der Waals surface area contributed by atoms with E-state index in [1.807, 2.05) is 29.2 Å². The van der Waals surface area contributed by atoms with E-state index in [4.69, 9.17) is 10.5 Å². The summed E-state index contributed by atoms with van der Waals surface area (Å²) >= 11 is 1.25. The van der Waals surface area contributed by atoms with Crippen molar-refractivity contribution in [1.29, 1.82) is 0 Å². The van der Waals surface area contributed by atoms with Crippen molar-refractivity contribution in [3.8, 4) is 5.75 Å². The maximum Gasteiger partial charge on any atom is 0.231 e. The number of nitrogens with zero attached hydrogens (tertiary/aromatic N) is 2. The number of thiazole rings is 1. The Kier molecular flexibility index (Phi) is 7.62. The van der Waals surface area contributed by atoms with Gasteiger partial charge in [0.05, 0.1) is 31.2 Å². The van der Waals surface area contributed by atoms with E-state index in [2.05, 4.69) is 17.2 Å². The second kappa shape index (κ2) is 10.4. The Balaban J connectivity index is 1.90. The number of hydrogen-bond donors (Lipinski definition) is 2. The van der Waals surface area contributed by atoms with E-state index in [0.29, 0.717) is 36.0 Å². The smallest absolute Gasteiger partial charge is 0.231 e. The summed E-state index contributed by atoms with van der Waals surface area (Å²) in [7, 11) is 1.59. The fourth-order valence-electron chi connectivity index (χ4n) is 3.94. The van der Waals surface area contributed by atoms with Gasteiger partial charge in [-0.15, -0.1) is 11.3 Å². The number of benzene rings is 1. The molecular weight excluding hydrogens is 416 g/mol. The first-order chi connectivity index (χ1) is 14.9. The monoisotopic (exact) mass is 444 g/mol. The summed E-state index contributed by atoms with van der Waals surface area (Å²) in [6, 6.07) is 7.09. The summed E-state index contributed by atoms with van der Waals surface area (Å²) in [6.07, 6.45) is 2.59. The number of unbranched alkanes of at least 4 members (excludes halogenated alkanes) is 1. The third-order valence-corrected chi connectivity index (χ3v) is 6.20. The van der Waals surface area contributed by atoms with E-state index in [1.54, 1.807) is 12.5 Å². The zero-order valence-corrected chi connectivity index (χ0v) is 18.6. The van der Waals surface area contributed by atoms with Crippen LogP contribution in [0.15, 0.2) is 29.6 Å². The lowest BCUT2D eigenvalue weighted by Crippen LogP contribution is -2.47. The van der Waals surface area contributed by atoms with Gasteiger partial charge in [0.25, 0.3) is 0 Å². The van der Waals surface area contributed by atoms with Gasteiger partial charge >= 0.3 is 0 Å². The second-order valence-electron chi connectivity index (χ2n) is 7.55. The van der Waals surface area contributed by atoms with Gasteiger partial charge in [0.1, 0.15) is 5.75 Å².